The van der Waals surface area contributed by atoms with Crippen LogP contribution in [0.5, 0.6) is 0 Å². The molecule has 0 aromatic heterocycles. The summed E-state index contributed by atoms with van der Waals surface area (Å²) >= 11 is -0.826. The first-order chi connectivity index (χ1) is 17.7. The Morgan fingerprint density at radius 2 is 1.14 bits per heavy atom. The van der Waals surface area contributed by atoms with E-state index < -0.39 is 26.3 Å². The van der Waals surface area contributed by atoms with E-state index in [2.05, 4.69) is 84.9 Å². The molecule has 2 aliphatic carbocycles. The number of rotatable bonds is 6. The molecule has 2 aliphatic rings. The van der Waals surface area contributed by atoms with Crippen LogP contribution in [0.2, 0.25) is 0 Å². The molecule has 2 N–H and O–H groups in total. The first-order valence-electron chi connectivity index (χ1n) is 12.1. The van der Waals surface area contributed by atoms with E-state index in [4.69, 9.17) is 17.0 Å². The summed E-state index contributed by atoms with van der Waals surface area (Å²) in [6.45, 7) is 1.24. The number of benzene rings is 4. The Hall–Kier alpha value is -1.74. The van der Waals surface area contributed by atoms with Crippen LogP contribution in [-0.2, 0) is 39.1 Å². The zero-order chi connectivity index (χ0) is 25.1. The van der Waals surface area contributed by atoms with Crippen molar-refractivity contribution in [3.8, 4) is 22.3 Å². The van der Waals surface area contributed by atoms with Gasteiger partial charge in [0.15, 0.2) is 0 Å². The van der Waals surface area contributed by atoms with Gasteiger partial charge >= 0.3 is 37.9 Å². The molecule has 2 nitrogen and oxygen atoms in total. The molecule has 0 atom stereocenters. The van der Waals surface area contributed by atoms with E-state index in [1.54, 1.807) is 0 Å². The normalized spacial score (nSPS) is 12.7. The van der Waals surface area contributed by atoms with Gasteiger partial charge < -0.3 is 10.2 Å². The number of aliphatic hydroxyl groups excluding tert-OH is 2. The molecular weight excluding hydrogens is 566 g/mol. The Morgan fingerprint density at radius 3 is 1.58 bits per heavy atom. The second-order valence-corrected chi connectivity index (χ2v) is 13.1. The summed E-state index contributed by atoms with van der Waals surface area (Å²) in [5.74, 6) is 0. The maximum atomic E-state index is 11.1. The molecule has 4 aromatic carbocycles. The number of hydrogen-bond acceptors (Lipinski definition) is 2. The van der Waals surface area contributed by atoms with Gasteiger partial charge in [-0.05, 0) is 68.5 Å². The fourth-order valence-corrected chi connectivity index (χ4v) is 6.19. The Kier molecular flexibility index (Phi) is 8.15. The van der Waals surface area contributed by atoms with E-state index in [1.165, 1.54) is 62.2 Å². The van der Waals surface area contributed by atoms with Crippen molar-refractivity contribution in [2.45, 2.75) is 31.1 Å². The van der Waals surface area contributed by atoms with Crippen molar-refractivity contribution in [3.63, 3.8) is 0 Å². The molecule has 0 aliphatic heterocycles. The van der Waals surface area contributed by atoms with Crippen LogP contribution in [-0.4, -0.2) is 16.8 Å². The summed E-state index contributed by atoms with van der Waals surface area (Å²) in [7, 11) is 9.87. The quantitative estimate of drug-likeness (QED) is 0.194. The van der Waals surface area contributed by atoms with E-state index in [-0.39, 0.29) is 6.61 Å². The standard InChI is InChI=1S/C31H27O2.2ClH.Zr/c32-17-7-16-31(20-33,29-14-5-12-25-23-10-3-1-8-21(23)18-27(25)29)30-15-6-13-26-24-11-4-2-9-22(24)19-28(26)30;;;/h1-6,8-15,17,32-33H,7,16,18-20H2;2*1H;/q-1;;;+2/p-2. The van der Waals surface area contributed by atoms with Crippen LogP contribution in [0, 0.1) is 6.61 Å². The topological polar surface area (TPSA) is 40.5 Å². The van der Waals surface area contributed by atoms with Gasteiger partial charge in [-0.1, -0.05) is 91.3 Å². The van der Waals surface area contributed by atoms with E-state index in [0.29, 0.717) is 12.8 Å². The first-order valence-corrected chi connectivity index (χ1v) is 18.5. The van der Waals surface area contributed by atoms with Gasteiger partial charge in [-0.15, -0.1) is 0 Å². The van der Waals surface area contributed by atoms with Crippen molar-refractivity contribution < 1.29 is 31.1 Å². The van der Waals surface area contributed by atoms with Gasteiger partial charge in [0.1, 0.15) is 0 Å². The molecule has 6 rings (SSSR count). The summed E-state index contributed by atoms with van der Waals surface area (Å²) in [5, 5.41) is 20.8. The Labute approximate surface area is 231 Å². The molecule has 0 fully saturated rings. The molecule has 0 unspecified atom stereocenters. The van der Waals surface area contributed by atoms with Crippen LogP contribution in [0.3, 0.4) is 0 Å². The predicted octanol–water partition coefficient (Wildman–Crippen LogP) is 7.80. The Bertz CT molecular complexity index is 1290. The zero-order valence-electron chi connectivity index (χ0n) is 19.8. The molecule has 0 bridgehead atoms. The fraction of sp³-hybridized carbons (Fsp3) is 0.194. The van der Waals surface area contributed by atoms with Crippen molar-refractivity contribution in [3.05, 3.63) is 125 Å². The molecule has 0 amide bonds. The molecule has 0 spiro atoms. The van der Waals surface area contributed by atoms with E-state index in [0.717, 1.165) is 12.8 Å². The van der Waals surface area contributed by atoms with Crippen LogP contribution in [0.4, 0.5) is 0 Å². The number of fused-ring (bicyclic) bond motifs is 6. The van der Waals surface area contributed by atoms with E-state index in [9.17, 15) is 10.2 Å². The monoisotopic (exact) mass is 591 g/mol. The van der Waals surface area contributed by atoms with Crippen molar-refractivity contribution in [1.29, 1.82) is 0 Å². The van der Waals surface area contributed by atoms with Gasteiger partial charge in [0.05, 0.1) is 6.61 Å². The third-order valence-electron chi connectivity index (χ3n) is 7.70. The summed E-state index contributed by atoms with van der Waals surface area (Å²) in [4.78, 5) is 0. The van der Waals surface area contributed by atoms with Crippen LogP contribution in [0.25, 0.3) is 22.3 Å². The average molecular weight is 594 g/mol. The van der Waals surface area contributed by atoms with Gasteiger partial charge in [-0.25, -0.2) is 6.61 Å². The molecule has 4 aromatic rings. The molecule has 36 heavy (non-hydrogen) atoms. The third kappa shape index (κ3) is 4.44. The fourth-order valence-electron chi connectivity index (χ4n) is 6.19. The zero-order valence-corrected chi connectivity index (χ0v) is 23.8. The average Bonchev–Trinajstić information content (AvgIpc) is 3.49. The number of aliphatic hydroxyl groups is 2. The maximum absolute atomic E-state index is 11.1. The van der Waals surface area contributed by atoms with Crippen molar-refractivity contribution in [1.82, 2.24) is 0 Å². The van der Waals surface area contributed by atoms with Gasteiger partial charge in [0.25, 0.3) is 0 Å². The second-order valence-electron chi connectivity index (χ2n) is 9.36. The Balaban J connectivity index is 0.000000848. The van der Waals surface area contributed by atoms with Crippen LogP contribution < -0.4 is 0 Å². The number of hydrogen-bond donors (Lipinski definition) is 2. The summed E-state index contributed by atoms with van der Waals surface area (Å²) in [6, 6.07) is 30.3. The Morgan fingerprint density at radius 1 is 0.694 bits per heavy atom. The van der Waals surface area contributed by atoms with Crippen molar-refractivity contribution in [2.24, 2.45) is 0 Å². The van der Waals surface area contributed by atoms with Gasteiger partial charge in [-0.3, -0.25) is 0 Å². The van der Waals surface area contributed by atoms with Gasteiger partial charge in [0, 0.05) is 5.41 Å². The first kappa shape index (κ1) is 25.9. The van der Waals surface area contributed by atoms with E-state index in [1.807, 2.05) is 0 Å². The minimum absolute atomic E-state index is 0.000434. The summed E-state index contributed by atoms with van der Waals surface area (Å²) < 4.78 is 0. The van der Waals surface area contributed by atoms with E-state index >= 15 is 0 Å². The van der Waals surface area contributed by atoms with Crippen LogP contribution in [0.15, 0.2) is 84.9 Å². The summed E-state index contributed by atoms with van der Waals surface area (Å²) in [5.41, 5.74) is 12.2. The second kappa shape index (κ2) is 11.3. The molecule has 5 heteroatoms. The molecule has 0 radical (unpaired) electrons. The van der Waals surface area contributed by atoms with Crippen molar-refractivity contribution in [2.75, 3.05) is 6.61 Å². The molecular formula is C31H27Cl2O2Zr-. The molecule has 0 saturated carbocycles. The predicted molar refractivity (Wildman–Crippen MR) is 144 cm³/mol. The molecule has 0 saturated heterocycles. The molecule has 0 heterocycles. The number of halogens is 2. The summed E-state index contributed by atoms with van der Waals surface area (Å²) in [6.07, 6.45) is 2.93. The van der Waals surface area contributed by atoms with Gasteiger partial charge in [0.2, 0.25) is 0 Å². The third-order valence-corrected chi connectivity index (χ3v) is 7.70. The molecule has 182 valence electrons. The SMILES string of the molecule is O[CH-]CCC(CO)(c1cccc2c1Cc1ccccc1-2)c1cccc2c1Cc1ccccc1-2.[Cl][Zr][Cl]. The van der Waals surface area contributed by atoms with Crippen LogP contribution in [0.1, 0.15) is 46.2 Å². The van der Waals surface area contributed by atoms with Crippen LogP contribution >= 0.6 is 17.0 Å². The van der Waals surface area contributed by atoms with Crippen molar-refractivity contribution >= 4 is 17.0 Å². The van der Waals surface area contributed by atoms with Gasteiger partial charge in [-0.2, -0.15) is 6.42 Å². The minimum atomic E-state index is -0.826.